The van der Waals surface area contributed by atoms with Gasteiger partial charge in [-0.2, -0.15) is 0 Å². The van der Waals surface area contributed by atoms with Gasteiger partial charge in [0.25, 0.3) is 10.0 Å². The number of nitrogens with zero attached hydrogens (tertiary/aromatic N) is 2. The number of anilines is 1. The minimum Gasteiger partial charge on any atom is -0.329 e. The number of rotatable bonds is 6. The monoisotopic (exact) mass is 424 g/mol. The zero-order chi connectivity index (χ0) is 19.7. The molecule has 0 atom stereocenters. The van der Waals surface area contributed by atoms with Gasteiger partial charge in [0.15, 0.2) is 5.16 Å². The molecule has 0 radical (unpaired) electrons. The van der Waals surface area contributed by atoms with Crippen LogP contribution >= 0.6 is 11.8 Å². The van der Waals surface area contributed by atoms with Crippen LogP contribution in [0, 0.1) is 0 Å². The minimum absolute atomic E-state index is 0.194. The standard InChI is InChI=1S/C16H16N4O4S3/c1-20-10-9-18-16(20)25-13-7-5-12(6-8-13)19-27(23,24)15-4-2-3-14(11-15)26(17,21)22/h2-11,19H,1H3,(H2,17,21,22). The molecular weight excluding hydrogens is 408 g/mol. The van der Waals surface area contributed by atoms with E-state index in [-0.39, 0.29) is 9.79 Å². The fraction of sp³-hybridized carbons (Fsp3) is 0.0625. The maximum Gasteiger partial charge on any atom is 0.261 e. The van der Waals surface area contributed by atoms with Crippen molar-refractivity contribution in [3.05, 3.63) is 60.9 Å². The molecule has 1 heterocycles. The Morgan fingerprint density at radius 3 is 2.30 bits per heavy atom. The average Bonchev–Trinajstić information content (AvgIpc) is 3.01. The van der Waals surface area contributed by atoms with Crippen molar-refractivity contribution in [2.75, 3.05) is 4.72 Å². The molecular formula is C16H16N4O4S3. The van der Waals surface area contributed by atoms with E-state index >= 15 is 0 Å². The predicted molar refractivity (Wildman–Crippen MR) is 102 cm³/mol. The number of nitrogens with one attached hydrogen (secondary N) is 1. The summed E-state index contributed by atoms with van der Waals surface area (Å²) in [6.45, 7) is 0. The third-order valence-corrected chi connectivity index (χ3v) is 6.91. The van der Waals surface area contributed by atoms with Crippen molar-refractivity contribution in [2.24, 2.45) is 12.2 Å². The minimum atomic E-state index is -4.00. The molecule has 3 aromatic rings. The van der Waals surface area contributed by atoms with Crippen LogP contribution in [0.1, 0.15) is 0 Å². The van der Waals surface area contributed by atoms with Crippen molar-refractivity contribution < 1.29 is 16.8 Å². The van der Waals surface area contributed by atoms with Crippen molar-refractivity contribution in [1.29, 1.82) is 0 Å². The van der Waals surface area contributed by atoms with Gasteiger partial charge in [0.05, 0.1) is 9.79 Å². The predicted octanol–water partition coefficient (Wildman–Crippen LogP) is 2.02. The third kappa shape index (κ3) is 4.69. The van der Waals surface area contributed by atoms with Crippen LogP contribution in [0.4, 0.5) is 5.69 Å². The lowest BCUT2D eigenvalue weighted by Gasteiger charge is -2.10. The van der Waals surface area contributed by atoms with Crippen LogP contribution in [0.5, 0.6) is 0 Å². The van der Waals surface area contributed by atoms with E-state index < -0.39 is 20.0 Å². The molecule has 0 aliphatic rings. The van der Waals surface area contributed by atoms with E-state index in [0.29, 0.717) is 5.69 Å². The topological polar surface area (TPSA) is 124 Å². The Morgan fingerprint density at radius 1 is 1.04 bits per heavy atom. The van der Waals surface area contributed by atoms with Crippen molar-refractivity contribution in [3.8, 4) is 0 Å². The number of hydrogen-bond donors (Lipinski definition) is 2. The van der Waals surface area contributed by atoms with E-state index in [1.54, 1.807) is 30.5 Å². The quantitative estimate of drug-likeness (QED) is 0.624. The van der Waals surface area contributed by atoms with Crippen LogP contribution in [0.25, 0.3) is 0 Å². The Balaban J connectivity index is 1.79. The van der Waals surface area contributed by atoms with E-state index in [1.165, 1.54) is 30.0 Å². The third-order valence-electron chi connectivity index (χ3n) is 3.54. The zero-order valence-corrected chi connectivity index (χ0v) is 16.6. The molecule has 0 saturated heterocycles. The van der Waals surface area contributed by atoms with Crippen LogP contribution in [0.15, 0.2) is 80.8 Å². The van der Waals surface area contributed by atoms with E-state index in [1.807, 2.05) is 17.8 Å². The summed E-state index contributed by atoms with van der Waals surface area (Å²) in [5.41, 5.74) is 0.347. The molecule has 2 aromatic carbocycles. The van der Waals surface area contributed by atoms with E-state index in [9.17, 15) is 16.8 Å². The first-order chi connectivity index (χ1) is 12.6. The summed E-state index contributed by atoms with van der Waals surface area (Å²) in [6, 6.07) is 11.6. The highest BCUT2D eigenvalue weighted by atomic mass is 32.2. The SMILES string of the molecule is Cn1ccnc1Sc1ccc(NS(=O)(=O)c2cccc(S(N)(=O)=O)c2)cc1. The van der Waals surface area contributed by atoms with E-state index in [0.717, 1.165) is 16.1 Å². The number of nitrogens with two attached hydrogens (primary N) is 1. The number of benzene rings is 2. The van der Waals surface area contributed by atoms with Crippen LogP contribution < -0.4 is 9.86 Å². The molecule has 0 aliphatic heterocycles. The molecule has 27 heavy (non-hydrogen) atoms. The van der Waals surface area contributed by atoms with Gasteiger partial charge >= 0.3 is 0 Å². The highest BCUT2D eigenvalue weighted by molar-refractivity contribution is 7.99. The van der Waals surface area contributed by atoms with Gasteiger partial charge < -0.3 is 4.57 Å². The lowest BCUT2D eigenvalue weighted by atomic mass is 10.3. The first-order valence-corrected chi connectivity index (χ1v) is 11.4. The molecule has 0 fully saturated rings. The normalized spacial score (nSPS) is 12.1. The number of hydrogen-bond acceptors (Lipinski definition) is 6. The molecule has 0 bridgehead atoms. The van der Waals surface area contributed by atoms with Crippen molar-refractivity contribution in [2.45, 2.75) is 19.8 Å². The van der Waals surface area contributed by atoms with Gasteiger partial charge in [0.2, 0.25) is 10.0 Å². The molecule has 8 nitrogen and oxygen atoms in total. The lowest BCUT2D eigenvalue weighted by Crippen LogP contribution is -2.16. The summed E-state index contributed by atoms with van der Waals surface area (Å²) in [7, 11) is -6.07. The van der Waals surface area contributed by atoms with Crippen LogP contribution in [-0.4, -0.2) is 26.4 Å². The molecule has 0 spiro atoms. The van der Waals surface area contributed by atoms with Crippen LogP contribution in [0.2, 0.25) is 0 Å². The van der Waals surface area contributed by atoms with Crippen LogP contribution in [-0.2, 0) is 27.1 Å². The Kier molecular flexibility index (Phi) is 5.29. The number of primary sulfonamides is 1. The molecule has 11 heteroatoms. The first kappa shape index (κ1) is 19.4. The summed E-state index contributed by atoms with van der Waals surface area (Å²) in [5, 5.41) is 5.86. The summed E-state index contributed by atoms with van der Waals surface area (Å²) < 4.78 is 52.1. The molecule has 0 saturated carbocycles. The Hall–Kier alpha value is -2.34. The highest BCUT2D eigenvalue weighted by Crippen LogP contribution is 2.27. The van der Waals surface area contributed by atoms with Gasteiger partial charge in [0.1, 0.15) is 0 Å². The van der Waals surface area contributed by atoms with E-state index in [4.69, 9.17) is 5.14 Å². The van der Waals surface area contributed by atoms with Gasteiger partial charge in [-0.3, -0.25) is 4.72 Å². The Bertz CT molecular complexity index is 1170. The average molecular weight is 425 g/mol. The van der Waals surface area contributed by atoms with Crippen molar-refractivity contribution >= 4 is 37.5 Å². The molecule has 0 unspecified atom stereocenters. The van der Waals surface area contributed by atoms with Gasteiger partial charge in [-0.05, 0) is 42.5 Å². The second-order valence-corrected chi connectivity index (χ2v) is 9.86. The Labute approximate surface area is 161 Å². The summed E-state index contributed by atoms with van der Waals surface area (Å²) in [6.07, 6.45) is 3.53. The second kappa shape index (κ2) is 7.35. The largest absolute Gasteiger partial charge is 0.329 e. The van der Waals surface area contributed by atoms with Crippen LogP contribution in [0.3, 0.4) is 0 Å². The maximum absolute atomic E-state index is 12.5. The van der Waals surface area contributed by atoms with Crippen molar-refractivity contribution in [1.82, 2.24) is 9.55 Å². The molecule has 0 aliphatic carbocycles. The zero-order valence-electron chi connectivity index (χ0n) is 14.1. The smallest absolute Gasteiger partial charge is 0.261 e. The second-order valence-electron chi connectivity index (χ2n) is 5.57. The van der Waals surface area contributed by atoms with Gasteiger partial charge in [0, 0.05) is 30.0 Å². The summed E-state index contributed by atoms with van der Waals surface area (Å²) >= 11 is 1.44. The molecule has 3 N–H and O–H groups in total. The number of sulfonamides is 2. The lowest BCUT2D eigenvalue weighted by molar-refractivity contribution is 0.597. The number of aromatic nitrogens is 2. The molecule has 3 rings (SSSR count). The number of imidazole rings is 1. The van der Waals surface area contributed by atoms with Crippen molar-refractivity contribution in [3.63, 3.8) is 0 Å². The fourth-order valence-corrected chi connectivity index (χ4v) is 4.72. The Morgan fingerprint density at radius 2 is 1.70 bits per heavy atom. The van der Waals surface area contributed by atoms with Gasteiger partial charge in [-0.25, -0.2) is 27.0 Å². The van der Waals surface area contributed by atoms with E-state index in [2.05, 4.69) is 9.71 Å². The first-order valence-electron chi connectivity index (χ1n) is 7.56. The van der Waals surface area contributed by atoms with Gasteiger partial charge in [-0.1, -0.05) is 17.8 Å². The maximum atomic E-state index is 12.5. The fourth-order valence-electron chi connectivity index (χ4n) is 2.18. The number of aryl methyl sites for hydroxylation is 1. The van der Waals surface area contributed by atoms with Gasteiger partial charge in [-0.15, -0.1) is 0 Å². The summed E-state index contributed by atoms with van der Waals surface area (Å²) in [4.78, 5) is 4.64. The molecule has 0 amide bonds. The molecule has 1 aromatic heterocycles. The highest BCUT2D eigenvalue weighted by Gasteiger charge is 2.17. The molecule has 142 valence electrons. The summed E-state index contributed by atoms with van der Waals surface area (Å²) in [5.74, 6) is 0.